The maximum Gasteiger partial charge on any atom is 0.251 e. The Morgan fingerprint density at radius 3 is 2.64 bits per heavy atom. The summed E-state index contributed by atoms with van der Waals surface area (Å²) in [4.78, 5) is 21.2. The van der Waals surface area contributed by atoms with Gasteiger partial charge in [-0.2, -0.15) is 5.10 Å². The Bertz CT molecular complexity index is 1360. The van der Waals surface area contributed by atoms with Gasteiger partial charge in [0.2, 0.25) is 0 Å². The molecule has 0 saturated carbocycles. The van der Waals surface area contributed by atoms with E-state index in [1.807, 2.05) is 60.1 Å². The summed E-state index contributed by atoms with van der Waals surface area (Å²) in [5, 5.41) is 8.67. The van der Waals surface area contributed by atoms with Crippen LogP contribution in [0.15, 0.2) is 67.0 Å². The summed E-state index contributed by atoms with van der Waals surface area (Å²) in [5.41, 5.74) is 11.3. The average Bonchev–Trinajstić information content (AvgIpc) is 3.42. The number of fused-ring (bicyclic) bond motifs is 1. The number of nitrogens with two attached hydrogens (primary N) is 1. The summed E-state index contributed by atoms with van der Waals surface area (Å²) in [6, 6.07) is 15.7. The van der Waals surface area contributed by atoms with E-state index in [9.17, 15) is 4.79 Å². The molecule has 2 heterocycles. The van der Waals surface area contributed by atoms with Crippen molar-refractivity contribution in [2.75, 3.05) is 5.73 Å². The van der Waals surface area contributed by atoms with Crippen molar-refractivity contribution in [2.24, 2.45) is 5.92 Å². The van der Waals surface area contributed by atoms with Gasteiger partial charge in [-0.05, 0) is 36.5 Å². The molecule has 0 aliphatic heterocycles. The summed E-state index contributed by atoms with van der Waals surface area (Å²) in [6.45, 7) is 4.58. The Labute approximate surface area is 192 Å². The Morgan fingerprint density at radius 2 is 1.91 bits per heavy atom. The molecule has 7 nitrogen and oxygen atoms in total. The summed E-state index contributed by atoms with van der Waals surface area (Å²) in [7, 11) is 0. The molecule has 0 fully saturated rings. The van der Waals surface area contributed by atoms with E-state index >= 15 is 0 Å². The highest BCUT2D eigenvalue weighted by Crippen LogP contribution is 2.35. The first-order valence-corrected chi connectivity index (χ1v) is 11.1. The summed E-state index contributed by atoms with van der Waals surface area (Å²) < 4.78 is 1.96. The molecule has 1 aliphatic carbocycles. The first kappa shape index (κ1) is 20.9. The van der Waals surface area contributed by atoms with Crippen LogP contribution in [-0.4, -0.2) is 25.7 Å². The standard InChI is InChI=1S/C26H26N6O/c1-16-7-12-20(13-16)32-25-22(24(27)29-15-30-25)23(31-32)19-10-8-18(9-11-19)14-28-26(33)21-6-4-3-5-17(21)2/h3-12,15-16,20H,13-14H2,1-2H3,(H,28,33)(H2,27,29,30)/t16-,20+/m1/s1. The SMILES string of the molecule is Cc1ccccc1C(=O)NCc1ccc(-c2nn([C@H]3C=C[C@@H](C)C3)c3ncnc(N)c23)cc1. The number of aryl methyl sites for hydroxylation is 1. The van der Waals surface area contributed by atoms with Crippen molar-refractivity contribution in [1.82, 2.24) is 25.1 Å². The van der Waals surface area contributed by atoms with E-state index in [0.717, 1.165) is 39.8 Å². The Balaban J connectivity index is 1.40. The van der Waals surface area contributed by atoms with E-state index in [4.69, 9.17) is 10.8 Å². The molecule has 2 aromatic heterocycles. The van der Waals surface area contributed by atoms with Crippen LogP contribution in [0.1, 0.15) is 40.9 Å². The molecule has 3 N–H and O–H groups in total. The lowest BCUT2D eigenvalue weighted by Gasteiger charge is -2.10. The van der Waals surface area contributed by atoms with Gasteiger partial charge in [0.1, 0.15) is 17.8 Å². The van der Waals surface area contributed by atoms with Gasteiger partial charge in [0.15, 0.2) is 5.65 Å². The van der Waals surface area contributed by atoms with Gasteiger partial charge in [-0.25, -0.2) is 14.6 Å². The number of carbonyl (C=O) groups excluding carboxylic acids is 1. The van der Waals surface area contributed by atoms with E-state index < -0.39 is 0 Å². The minimum atomic E-state index is -0.0781. The number of rotatable bonds is 5. The quantitative estimate of drug-likeness (QED) is 0.449. The zero-order valence-corrected chi connectivity index (χ0v) is 18.7. The minimum Gasteiger partial charge on any atom is -0.383 e. The monoisotopic (exact) mass is 438 g/mol. The first-order chi connectivity index (χ1) is 16.0. The fourth-order valence-electron chi connectivity index (χ4n) is 4.35. The lowest BCUT2D eigenvalue weighted by Crippen LogP contribution is -2.23. The van der Waals surface area contributed by atoms with Gasteiger partial charge >= 0.3 is 0 Å². The molecule has 0 radical (unpaired) electrons. The minimum absolute atomic E-state index is 0.0781. The van der Waals surface area contributed by atoms with Gasteiger partial charge in [0.25, 0.3) is 5.91 Å². The zero-order valence-electron chi connectivity index (χ0n) is 18.7. The molecule has 166 valence electrons. The first-order valence-electron chi connectivity index (χ1n) is 11.1. The highest BCUT2D eigenvalue weighted by atomic mass is 16.1. The molecule has 0 unspecified atom stereocenters. The number of carbonyl (C=O) groups is 1. The van der Waals surface area contributed by atoms with Gasteiger partial charge in [-0.1, -0.05) is 61.5 Å². The zero-order chi connectivity index (χ0) is 22.9. The largest absolute Gasteiger partial charge is 0.383 e. The third-order valence-electron chi connectivity index (χ3n) is 6.18. The molecule has 0 spiro atoms. The Hall–Kier alpha value is -4.00. The van der Waals surface area contributed by atoms with Gasteiger partial charge < -0.3 is 11.1 Å². The van der Waals surface area contributed by atoms with E-state index in [1.54, 1.807) is 0 Å². The number of anilines is 1. The van der Waals surface area contributed by atoms with E-state index in [0.29, 0.717) is 23.8 Å². The number of nitrogen functional groups attached to an aromatic ring is 1. The van der Waals surface area contributed by atoms with Crippen LogP contribution < -0.4 is 11.1 Å². The maximum atomic E-state index is 12.5. The van der Waals surface area contributed by atoms with E-state index in [2.05, 4.69) is 34.4 Å². The smallest absolute Gasteiger partial charge is 0.251 e. The van der Waals surface area contributed by atoms with Crippen LogP contribution in [0.2, 0.25) is 0 Å². The third-order valence-corrected chi connectivity index (χ3v) is 6.18. The van der Waals surface area contributed by atoms with Crippen molar-refractivity contribution in [3.05, 3.63) is 83.7 Å². The highest BCUT2D eigenvalue weighted by molar-refractivity contribution is 5.98. The molecule has 2 atom stereocenters. The van der Waals surface area contributed by atoms with E-state index in [-0.39, 0.29) is 11.9 Å². The van der Waals surface area contributed by atoms with Crippen molar-refractivity contribution in [3.8, 4) is 11.3 Å². The van der Waals surface area contributed by atoms with Crippen molar-refractivity contribution in [3.63, 3.8) is 0 Å². The molecule has 0 bridgehead atoms. The molecule has 4 aromatic rings. The van der Waals surface area contributed by atoms with Crippen molar-refractivity contribution in [1.29, 1.82) is 0 Å². The predicted molar refractivity (Wildman–Crippen MR) is 129 cm³/mol. The van der Waals surface area contributed by atoms with Gasteiger partial charge in [-0.3, -0.25) is 4.79 Å². The summed E-state index contributed by atoms with van der Waals surface area (Å²) in [5.74, 6) is 0.850. The van der Waals surface area contributed by atoms with E-state index in [1.165, 1.54) is 6.33 Å². The van der Waals surface area contributed by atoms with Crippen molar-refractivity contribution >= 4 is 22.8 Å². The topological polar surface area (TPSA) is 98.7 Å². The molecule has 7 heteroatoms. The fraction of sp³-hybridized carbons (Fsp3) is 0.231. The van der Waals surface area contributed by atoms with Crippen LogP contribution in [0, 0.1) is 12.8 Å². The van der Waals surface area contributed by atoms with Crippen LogP contribution in [0.25, 0.3) is 22.3 Å². The molecule has 5 rings (SSSR count). The number of hydrogen-bond donors (Lipinski definition) is 2. The lowest BCUT2D eigenvalue weighted by molar-refractivity contribution is 0.0950. The second-order valence-electron chi connectivity index (χ2n) is 8.61. The number of nitrogens with zero attached hydrogens (tertiary/aromatic N) is 4. The number of nitrogens with one attached hydrogen (secondary N) is 1. The molecular weight excluding hydrogens is 412 g/mol. The fourth-order valence-corrected chi connectivity index (χ4v) is 4.35. The van der Waals surface area contributed by atoms with Crippen LogP contribution >= 0.6 is 0 Å². The number of amides is 1. The second kappa shape index (κ2) is 8.50. The Kier molecular flexibility index (Phi) is 5.38. The molecule has 2 aromatic carbocycles. The second-order valence-corrected chi connectivity index (χ2v) is 8.61. The van der Waals surface area contributed by atoms with Crippen LogP contribution in [0.3, 0.4) is 0 Å². The van der Waals surface area contributed by atoms with Crippen molar-refractivity contribution in [2.45, 2.75) is 32.9 Å². The van der Waals surface area contributed by atoms with Gasteiger partial charge in [-0.15, -0.1) is 0 Å². The number of aromatic nitrogens is 4. The maximum absolute atomic E-state index is 12.5. The molecule has 0 saturated heterocycles. The number of benzene rings is 2. The van der Waals surface area contributed by atoms with Crippen LogP contribution in [0.4, 0.5) is 5.82 Å². The van der Waals surface area contributed by atoms with Crippen LogP contribution in [-0.2, 0) is 6.54 Å². The predicted octanol–water partition coefficient (Wildman–Crippen LogP) is 4.45. The Morgan fingerprint density at radius 1 is 1.12 bits per heavy atom. The third kappa shape index (κ3) is 3.98. The van der Waals surface area contributed by atoms with Gasteiger partial charge in [0, 0.05) is 17.7 Å². The lowest BCUT2D eigenvalue weighted by atomic mass is 10.1. The number of allylic oxidation sites excluding steroid dienone is 2. The molecule has 33 heavy (non-hydrogen) atoms. The average molecular weight is 439 g/mol. The van der Waals surface area contributed by atoms with Crippen LogP contribution in [0.5, 0.6) is 0 Å². The molecule has 1 aliphatic rings. The normalized spacial score (nSPS) is 17.5. The molecule has 1 amide bonds. The summed E-state index contributed by atoms with van der Waals surface area (Å²) in [6.07, 6.45) is 6.86. The number of hydrogen-bond acceptors (Lipinski definition) is 5. The summed E-state index contributed by atoms with van der Waals surface area (Å²) >= 11 is 0. The molecular formula is C26H26N6O. The highest BCUT2D eigenvalue weighted by Gasteiger charge is 2.24. The van der Waals surface area contributed by atoms with Crippen molar-refractivity contribution < 1.29 is 4.79 Å². The van der Waals surface area contributed by atoms with Gasteiger partial charge in [0.05, 0.1) is 11.4 Å².